The van der Waals surface area contributed by atoms with E-state index in [1.165, 1.54) is 6.92 Å². The zero-order valence-electron chi connectivity index (χ0n) is 20.0. The van der Waals surface area contributed by atoms with Crippen LogP contribution in [-0.4, -0.2) is 40.4 Å². The number of benzene rings is 2. The van der Waals surface area contributed by atoms with Gasteiger partial charge in [0.05, 0.1) is 5.57 Å². The third-order valence-corrected chi connectivity index (χ3v) is 5.61. The van der Waals surface area contributed by atoms with Gasteiger partial charge >= 0.3 is 5.97 Å². The topological polar surface area (TPSA) is 59.1 Å². The van der Waals surface area contributed by atoms with Crippen molar-refractivity contribution in [1.82, 2.24) is 0 Å². The Labute approximate surface area is 195 Å². The van der Waals surface area contributed by atoms with Crippen LogP contribution in [0.25, 0.3) is 0 Å². The number of allylic oxidation sites excluding steroid dienone is 1. The van der Waals surface area contributed by atoms with Crippen LogP contribution in [0.3, 0.4) is 0 Å². The third kappa shape index (κ3) is 3.93. The number of aldehydes is 1. The van der Waals surface area contributed by atoms with Crippen LogP contribution in [0.5, 0.6) is 11.5 Å². The van der Waals surface area contributed by atoms with E-state index in [2.05, 4.69) is 6.58 Å². The monoisotopic (exact) mass is 446 g/mol. The van der Waals surface area contributed by atoms with Crippen molar-refractivity contribution in [3.8, 4) is 11.5 Å². The molecule has 4 rings (SSSR count). The number of rotatable bonds is 4. The van der Waals surface area contributed by atoms with Crippen molar-refractivity contribution in [2.45, 2.75) is 19.4 Å². The van der Waals surface area contributed by atoms with Gasteiger partial charge in [0.2, 0.25) is 0 Å². The van der Waals surface area contributed by atoms with Gasteiger partial charge in [0, 0.05) is 68.4 Å². The van der Waals surface area contributed by atoms with Crippen molar-refractivity contribution in [2.75, 3.05) is 38.0 Å². The standard InChI is InChI=1S/C25H26N2O3.C2H4O/c1-7-9-19-18(8-2)24(28)30-25(19)20-12-10-16(26(3)4)14-22(20)29-23-15-17(27(5)6)11-13-21(23)25;1-2-3/h7-15H,2H2,1,3-6H3;2H,1H3/b9-7-;. The van der Waals surface area contributed by atoms with E-state index in [1.54, 1.807) is 6.08 Å². The second kappa shape index (κ2) is 9.36. The highest BCUT2D eigenvalue weighted by atomic mass is 16.6. The quantitative estimate of drug-likeness (QED) is 0.487. The molecule has 0 N–H and O–H groups in total. The minimum Gasteiger partial charge on any atom is -0.456 e. The highest BCUT2D eigenvalue weighted by Gasteiger charge is 2.53. The molecular formula is C27H30N2O4. The molecule has 0 fully saturated rings. The molecule has 2 heterocycles. The molecule has 0 aromatic heterocycles. The fourth-order valence-corrected chi connectivity index (χ4v) is 4.11. The molecule has 1 spiro atoms. The largest absolute Gasteiger partial charge is 0.456 e. The van der Waals surface area contributed by atoms with E-state index < -0.39 is 5.60 Å². The minimum atomic E-state index is -1.08. The van der Waals surface area contributed by atoms with Gasteiger partial charge in [-0.3, -0.25) is 0 Å². The van der Waals surface area contributed by atoms with E-state index in [4.69, 9.17) is 14.3 Å². The Morgan fingerprint density at radius 3 is 1.79 bits per heavy atom. The van der Waals surface area contributed by atoms with Gasteiger partial charge < -0.3 is 24.1 Å². The average molecular weight is 447 g/mol. The van der Waals surface area contributed by atoms with E-state index in [0.717, 1.165) is 34.4 Å². The summed E-state index contributed by atoms with van der Waals surface area (Å²) < 4.78 is 12.5. The van der Waals surface area contributed by atoms with Crippen LogP contribution in [0.2, 0.25) is 0 Å². The number of hydrogen-bond donors (Lipinski definition) is 0. The first-order valence-electron chi connectivity index (χ1n) is 10.7. The van der Waals surface area contributed by atoms with Crippen LogP contribution in [0.15, 0.2) is 72.4 Å². The van der Waals surface area contributed by atoms with Crippen molar-refractivity contribution in [3.05, 3.63) is 83.5 Å². The molecule has 172 valence electrons. The van der Waals surface area contributed by atoms with E-state index >= 15 is 0 Å². The van der Waals surface area contributed by atoms with Crippen molar-refractivity contribution < 1.29 is 19.1 Å². The summed E-state index contributed by atoms with van der Waals surface area (Å²) in [5.41, 5.74) is 3.77. The summed E-state index contributed by atoms with van der Waals surface area (Å²) in [7, 11) is 7.92. The second-order valence-corrected chi connectivity index (χ2v) is 8.09. The molecule has 0 bridgehead atoms. The van der Waals surface area contributed by atoms with Crippen LogP contribution >= 0.6 is 0 Å². The lowest BCUT2D eigenvalue weighted by Gasteiger charge is -2.38. The molecule has 0 unspecified atom stereocenters. The normalized spacial score (nSPS) is 15.2. The molecular weight excluding hydrogens is 416 g/mol. The van der Waals surface area contributed by atoms with Gasteiger partial charge in [-0.15, -0.1) is 0 Å². The van der Waals surface area contributed by atoms with Gasteiger partial charge in [0.1, 0.15) is 17.8 Å². The van der Waals surface area contributed by atoms with Crippen LogP contribution in [-0.2, 0) is 19.9 Å². The lowest BCUT2D eigenvalue weighted by Crippen LogP contribution is -2.34. The van der Waals surface area contributed by atoms with E-state index in [9.17, 15) is 4.79 Å². The molecule has 0 saturated heterocycles. The fraction of sp³-hybridized carbons (Fsp3) is 0.259. The molecule has 2 aliphatic rings. The maximum Gasteiger partial charge on any atom is 0.340 e. The summed E-state index contributed by atoms with van der Waals surface area (Å²) in [6.07, 6.45) is 6.17. The van der Waals surface area contributed by atoms with E-state index in [1.807, 2.05) is 93.5 Å². The highest BCUT2D eigenvalue weighted by molar-refractivity contribution is 5.98. The van der Waals surface area contributed by atoms with Crippen LogP contribution in [0, 0.1) is 0 Å². The number of fused-ring (bicyclic) bond motifs is 4. The molecule has 6 nitrogen and oxygen atoms in total. The first-order chi connectivity index (χ1) is 15.7. The Hall–Kier alpha value is -3.80. The molecule has 2 aliphatic heterocycles. The van der Waals surface area contributed by atoms with Crippen molar-refractivity contribution in [2.24, 2.45) is 0 Å². The Kier molecular flexibility index (Phi) is 6.77. The zero-order valence-corrected chi connectivity index (χ0v) is 20.0. The predicted molar refractivity (Wildman–Crippen MR) is 132 cm³/mol. The smallest absolute Gasteiger partial charge is 0.340 e. The molecule has 0 aliphatic carbocycles. The van der Waals surface area contributed by atoms with Gasteiger partial charge in [-0.1, -0.05) is 24.8 Å². The summed E-state index contributed by atoms with van der Waals surface area (Å²) in [6, 6.07) is 11.9. The molecule has 0 amide bonds. The lowest BCUT2D eigenvalue weighted by molar-refractivity contribution is -0.144. The number of esters is 1. The summed E-state index contributed by atoms with van der Waals surface area (Å²) in [5.74, 6) is 0.958. The number of nitrogens with zero attached hydrogens (tertiary/aromatic N) is 2. The van der Waals surface area contributed by atoms with Gasteiger partial charge in [0.25, 0.3) is 0 Å². The van der Waals surface area contributed by atoms with Gasteiger partial charge in [0.15, 0.2) is 5.60 Å². The van der Waals surface area contributed by atoms with Crippen LogP contribution < -0.4 is 14.5 Å². The second-order valence-electron chi connectivity index (χ2n) is 8.09. The molecule has 0 radical (unpaired) electrons. The maximum atomic E-state index is 12.9. The Balaban J connectivity index is 0.000000968. The number of hydrogen-bond acceptors (Lipinski definition) is 6. The number of ether oxygens (including phenoxy) is 2. The van der Waals surface area contributed by atoms with Crippen molar-refractivity contribution in [3.63, 3.8) is 0 Å². The molecule has 0 saturated carbocycles. The third-order valence-electron chi connectivity index (χ3n) is 5.61. The first kappa shape index (κ1) is 23.9. The Morgan fingerprint density at radius 2 is 1.39 bits per heavy atom. The maximum absolute atomic E-state index is 12.9. The molecule has 33 heavy (non-hydrogen) atoms. The summed E-state index contributed by atoms with van der Waals surface area (Å²) in [5, 5.41) is 0. The summed E-state index contributed by atoms with van der Waals surface area (Å²) in [6.45, 7) is 7.22. The molecule has 2 aromatic carbocycles. The first-order valence-corrected chi connectivity index (χ1v) is 10.7. The van der Waals surface area contributed by atoms with Crippen molar-refractivity contribution >= 4 is 23.6 Å². The number of carbonyl (C=O) groups excluding carboxylic acids is 2. The minimum absolute atomic E-state index is 0.384. The van der Waals surface area contributed by atoms with E-state index in [0.29, 0.717) is 17.1 Å². The fourth-order valence-electron chi connectivity index (χ4n) is 4.11. The molecule has 0 atom stereocenters. The van der Waals surface area contributed by atoms with Crippen LogP contribution in [0.1, 0.15) is 25.0 Å². The lowest BCUT2D eigenvalue weighted by atomic mass is 9.76. The SMILES string of the molecule is C=CC1=C(/C=C\C)C2(OC1=O)c1ccc(N(C)C)cc1Oc1cc(N(C)C)ccc12.CC=O. The summed E-state index contributed by atoms with van der Waals surface area (Å²) in [4.78, 5) is 25.7. The van der Waals surface area contributed by atoms with Crippen LogP contribution in [0.4, 0.5) is 11.4 Å². The number of carbonyl (C=O) groups is 2. The predicted octanol–water partition coefficient (Wildman–Crippen LogP) is 4.99. The molecule has 2 aromatic rings. The Morgan fingerprint density at radius 1 is 0.909 bits per heavy atom. The average Bonchev–Trinajstić information content (AvgIpc) is 3.05. The van der Waals surface area contributed by atoms with Crippen molar-refractivity contribution in [1.29, 1.82) is 0 Å². The Bertz CT molecular complexity index is 1100. The zero-order chi connectivity index (χ0) is 24.3. The van der Waals surface area contributed by atoms with Gasteiger partial charge in [-0.2, -0.15) is 0 Å². The number of anilines is 2. The van der Waals surface area contributed by atoms with E-state index in [-0.39, 0.29) is 5.97 Å². The summed E-state index contributed by atoms with van der Waals surface area (Å²) >= 11 is 0. The highest BCUT2D eigenvalue weighted by Crippen LogP contribution is 2.57. The van der Waals surface area contributed by atoms with Gasteiger partial charge in [-0.05, 0) is 38.1 Å². The van der Waals surface area contributed by atoms with Gasteiger partial charge in [-0.25, -0.2) is 4.79 Å². The molecule has 6 heteroatoms.